The van der Waals surface area contributed by atoms with Crippen LogP contribution < -0.4 is 10.1 Å². The molecular weight excluding hydrogens is 230 g/mol. The highest BCUT2D eigenvalue weighted by atomic mass is 16.5. The second kappa shape index (κ2) is 5.59. The summed E-state index contributed by atoms with van der Waals surface area (Å²) in [4.78, 5) is 0. The molecule has 1 aliphatic rings. The lowest BCUT2D eigenvalue weighted by Gasteiger charge is -2.34. The molecule has 0 spiro atoms. The number of rotatable bonds is 4. The normalized spacial score (nSPS) is 23.9. The molecule has 1 aromatic carbocycles. The molecule has 1 atom stereocenters. The van der Waals surface area contributed by atoms with Gasteiger partial charge >= 0.3 is 0 Å². The van der Waals surface area contributed by atoms with Gasteiger partial charge in [-0.15, -0.1) is 0 Å². The Labute approximate surface area is 108 Å². The van der Waals surface area contributed by atoms with E-state index < -0.39 is 0 Å². The smallest absolute Gasteiger partial charge is 0.160 e. The van der Waals surface area contributed by atoms with E-state index in [1.165, 1.54) is 0 Å². The highest BCUT2D eigenvalue weighted by Gasteiger charge is 2.26. The Morgan fingerprint density at radius 2 is 2.33 bits per heavy atom. The number of aromatic hydroxyl groups is 1. The van der Waals surface area contributed by atoms with Crippen molar-refractivity contribution in [3.8, 4) is 11.5 Å². The van der Waals surface area contributed by atoms with Crippen LogP contribution >= 0.6 is 0 Å². The molecule has 1 saturated heterocycles. The van der Waals surface area contributed by atoms with Crippen molar-refractivity contribution in [3.05, 3.63) is 23.8 Å². The van der Waals surface area contributed by atoms with Crippen LogP contribution in [0.25, 0.3) is 0 Å². The van der Waals surface area contributed by atoms with E-state index in [0.717, 1.165) is 38.2 Å². The highest BCUT2D eigenvalue weighted by molar-refractivity contribution is 5.41. The van der Waals surface area contributed by atoms with Crippen LogP contribution in [0.3, 0.4) is 0 Å². The van der Waals surface area contributed by atoms with Crippen LogP contribution in [0, 0.1) is 0 Å². The van der Waals surface area contributed by atoms with Crippen LogP contribution in [0.4, 0.5) is 0 Å². The molecule has 1 aliphatic heterocycles. The number of hydrogen-bond donors (Lipinski definition) is 2. The number of phenolic OH excluding ortho intramolecular Hbond substituents is 1. The second-order valence-corrected chi connectivity index (χ2v) is 5.08. The highest BCUT2D eigenvalue weighted by Crippen LogP contribution is 2.27. The van der Waals surface area contributed by atoms with Gasteiger partial charge < -0.3 is 19.9 Å². The number of ether oxygens (including phenoxy) is 2. The average molecular weight is 251 g/mol. The second-order valence-electron chi connectivity index (χ2n) is 5.08. The first-order valence-electron chi connectivity index (χ1n) is 6.32. The standard InChI is InChI=1S/C14H21NO3/c1-14(6-3-7-18-10-14)15-9-11-4-5-12(16)13(8-11)17-2/h4-5,8,15-16H,3,6-7,9-10H2,1-2H3. The fraction of sp³-hybridized carbons (Fsp3) is 0.571. The molecule has 2 N–H and O–H groups in total. The maximum Gasteiger partial charge on any atom is 0.160 e. The molecule has 1 aromatic rings. The number of benzene rings is 1. The van der Waals surface area contributed by atoms with Crippen molar-refractivity contribution >= 4 is 0 Å². The molecule has 18 heavy (non-hydrogen) atoms. The van der Waals surface area contributed by atoms with E-state index in [2.05, 4.69) is 12.2 Å². The van der Waals surface area contributed by atoms with Crippen molar-refractivity contribution in [1.29, 1.82) is 0 Å². The topological polar surface area (TPSA) is 50.7 Å². The summed E-state index contributed by atoms with van der Waals surface area (Å²) < 4.78 is 10.6. The third-order valence-electron chi connectivity index (χ3n) is 3.40. The van der Waals surface area contributed by atoms with E-state index >= 15 is 0 Å². The van der Waals surface area contributed by atoms with Crippen molar-refractivity contribution in [1.82, 2.24) is 5.32 Å². The molecule has 4 nitrogen and oxygen atoms in total. The van der Waals surface area contributed by atoms with Gasteiger partial charge in [0.05, 0.1) is 13.7 Å². The molecule has 0 bridgehead atoms. The third kappa shape index (κ3) is 3.15. The van der Waals surface area contributed by atoms with Gasteiger partial charge in [0.1, 0.15) is 0 Å². The van der Waals surface area contributed by atoms with Gasteiger partial charge in [-0.1, -0.05) is 6.07 Å². The lowest BCUT2D eigenvalue weighted by molar-refractivity contribution is 0.0278. The summed E-state index contributed by atoms with van der Waals surface area (Å²) in [6, 6.07) is 5.42. The molecule has 0 saturated carbocycles. The number of phenols is 1. The molecule has 4 heteroatoms. The number of hydrogen-bond acceptors (Lipinski definition) is 4. The first-order valence-corrected chi connectivity index (χ1v) is 6.32. The predicted octanol–water partition coefficient (Wildman–Crippen LogP) is 2.06. The molecule has 1 unspecified atom stereocenters. The summed E-state index contributed by atoms with van der Waals surface area (Å²) in [6.07, 6.45) is 2.23. The van der Waals surface area contributed by atoms with Gasteiger partial charge in [-0.3, -0.25) is 0 Å². The van der Waals surface area contributed by atoms with Crippen LogP contribution in [-0.2, 0) is 11.3 Å². The molecule has 100 valence electrons. The van der Waals surface area contributed by atoms with E-state index in [-0.39, 0.29) is 11.3 Å². The molecule has 1 fully saturated rings. The summed E-state index contributed by atoms with van der Waals surface area (Å²) in [5, 5.41) is 13.1. The maximum atomic E-state index is 9.54. The summed E-state index contributed by atoms with van der Waals surface area (Å²) in [7, 11) is 1.56. The van der Waals surface area contributed by atoms with Crippen LogP contribution in [0.5, 0.6) is 11.5 Å². The maximum absolute atomic E-state index is 9.54. The zero-order valence-electron chi connectivity index (χ0n) is 11.0. The Hall–Kier alpha value is -1.26. The lowest BCUT2D eigenvalue weighted by Crippen LogP contribution is -2.48. The summed E-state index contributed by atoms with van der Waals surface area (Å²) in [5.41, 5.74) is 1.14. The Morgan fingerprint density at radius 3 is 3.00 bits per heavy atom. The van der Waals surface area contributed by atoms with E-state index in [1.54, 1.807) is 13.2 Å². The quantitative estimate of drug-likeness (QED) is 0.860. The van der Waals surface area contributed by atoms with Crippen molar-refractivity contribution in [2.45, 2.75) is 31.8 Å². The molecule has 0 amide bonds. The molecule has 0 aromatic heterocycles. The van der Waals surface area contributed by atoms with Gasteiger partial charge in [0.2, 0.25) is 0 Å². The van der Waals surface area contributed by atoms with E-state index in [0.29, 0.717) is 5.75 Å². The molecular formula is C14H21NO3. The van der Waals surface area contributed by atoms with Gasteiger partial charge in [0.15, 0.2) is 11.5 Å². The first kappa shape index (κ1) is 13.2. The zero-order valence-corrected chi connectivity index (χ0v) is 11.0. The minimum Gasteiger partial charge on any atom is -0.504 e. The largest absolute Gasteiger partial charge is 0.504 e. The van der Waals surface area contributed by atoms with Crippen molar-refractivity contribution < 1.29 is 14.6 Å². The fourth-order valence-corrected chi connectivity index (χ4v) is 2.22. The van der Waals surface area contributed by atoms with Crippen LogP contribution in [-0.4, -0.2) is 31.0 Å². The number of nitrogens with one attached hydrogen (secondary N) is 1. The van der Waals surface area contributed by atoms with Gasteiger partial charge in [-0.05, 0) is 37.5 Å². The van der Waals surface area contributed by atoms with Crippen LogP contribution in [0.15, 0.2) is 18.2 Å². The minimum atomic E-state index is 0.0450. The first-order chi connectivity index (χ1) is 8.63. The molecule has 1 heterocycles. The van der Waals surface area contributed by atoms with Gasteiger partial charge in [0.25, 0.3) is 0 Å². The molecule has 2 rings (SSSR count). The summed E-state index contributed by atoms with van der Waals surface area (Å²) in [5.74, 6) is 0.688. The fourth-order valence-electron chi connectivity index (χ4n) is 2.22. The van der Waals surface area contributed by atoms with Crippen molar-refractivity contribution in [2.24, 2.45) is 0 Å². The Balaban J connectivity index is 1.97. The van der Waals surface area contributed by atoms with E-state index in [4.69, 9.17) is 9.47 Å². The number of methoxy groups -OCH3 is 1. The monoisotopic (exact) mass is 251 g/mol. The Kier molecular flexibility index (Phi) is 4.09. The van der Waals surface area contributed by atoms with Gasteiger partial charge in [-0.2, -0.15) is 0 Å². The van der Waals surface area contributed by atoms with Gasteiger partial charge in [0, 0.05) is 18.7 Å². The van der Waals surface area contributed by atoms with Gasteiger partial charge in [-0.25, -0.2) is 0 Å². The van der Waals surface area contributed by atoms with Crippen molar-refractivity contribution in [2.75, 3.05) is 20.3 Å². The summed E-state index contributed by atoms with van der Waals surface area (Å²) >= 11 is 0. The zero-order chi connectivity index (χ0) is 13.0. The van der Waals surface area contributed by atoms with Crippen LogP contribution in [0.2, 0.25) is 0 Å². The SMILES string of the molecule is COc1cc(CNC2(C)CCCOC2)ccc1O. The predicted molar refractivity (Wildman–Crippen MR) is 70.0 cm³/mol. The third-order valence-corrected chi connectivity index (χ3v) is 3.40. The molecule has 0 radical (unpaired) electrons. The van der Waals surface area contributed by atoms with E-state index in [1.807, 2.05) is 12.1 Å². The van der Waals surface area contributed by atoms with E-state index in [9.17, 15) is 5.11 Å². The Bertz CT molecular complexity index is 400. The molecule has 0 aliphatic carbocycles. The average Bonchev–Trinajstić information content (AvgIpc) is 2.39. The minimum absolute atomic E-state index is 0.0450. The summed E-state index contributed by atoms with van der Waals surface area (Å²) in [6.45, 7) is 4.55. The lowest BCUT2D eigenvalue weighted by atomic mass is 9.94. The Morgan fingerprint density at radius 1 is 1.50 bits per heavy atom. The van der Waals surface area contributed by atoms with Crippen molar-refractivity contribution in [3.63, 3.8) is 0 Å². The van der Waals surface area contributed by atoms with Crippen LogP contribution in [0.1, 0.15) is 25.3 Å².